The van der Waals surface area contributed by atoms with Gasteiger partial charge in [0.25, 0.3) is 11.6 Å². The minimum atomic E-state index is -0.473. The lowest BCUT2D eigenvalue weighted by Gasteiger charge is -2.21. The molecule has 0 N–H and O–H groups in total. The maximum Gasteiger partial charge on any atom is 0.271 e. The van der Waals surface area contributed by atoms with E-state index in [1.807, 2.05) is 54.6 Å². The number of hydrogen-bond donors (Lipinski definition) is 0. The quantitative estimate of drug-likeness (QED) is 0.329. The molecule has 0 saturated carbocycles. The zero-order chi connectivity index (χ0) is 20.6. The number of rotatable bonds is 7. The molecule has 29 heavy (non-hydrogen) atoms. The topological polar surface area (TPSA) is 72.7 Å². The normalized spacial score (nSPS) is 10.7. The van der Waals surface area contributed by atoms with Crippen molar-refractivity contribution < 1.29 is 14.5 Å². The minimum Gasteiger partial charge on any atom is -0.496 e. The molecule has 0 spiro atoms. The van der Waals surface area contributed by atoms with Crippen LogP contribution in [0, 0.1) is 10.1 Å². The Kier molecular flexibility index (Phi) is 6.37. The number of nitro benzene ring substituents is 1. The van der Waals surface area contributed by atoms with Gasteiger partial charge in [-0.2, -0.15) is 0 Å². The summed E-state index contributed by atoms with van der Waals surface area (Å²) in [5.41, 5.74) is 2.07. The van der Waals surface area contributed by atoms with Crippen LogP contribution in [0.4, 0.5) is 11.4 Å². The van der Waals surface area contributed by atoms with Crippen molar-refractivity contribution in [3.63, 3.8) is 0 Å². The fourth-order valence-corrected chi connectivity index (χ4v) is 2.89. The number of nitrogens with zero attached hydrogens (tertiary/aromatic N) is 2. The summed E-state index contributed by atoms with van der Waals surface area (Å²) in [5, 5.41) is 11.2. The first-order chi connectivity index (χ1) is 14.1. The van der Waals surface area contributed by atoms with Crippen LogP contribution in [0.3, 0.4) is 0 Å². The molecule has 3 aromatic carbocycles. The van der Waals surface area contributed by atoms with Crippen LogP contribution in [0.2, 0.25) is 0 Å². The van der Waals surface area contributed by atoms with Crippen molar-refractivity contribution in [2.45, 2.75) is 6.54 Å². The maximum atomic E-state index is 13.0. The number of anilines is 1. The number of carbonyl (C=O) groups is 1. The molecule has 0 atom stereocenters. The van der Waals surface area contributed by atoms with E-state index >= 15 is 0 Å². The summed E-state index contributed by atoms with van der Waals surface area (Å²) in [4.78, 5) is 25.2. The third-order valence-corrected chi connectivity index (χ3v) is 4.35. The Balaban J connectivity index is 1.94. The smallest absolute Gasteiger partial charge is 0.271 e. The van der Waals surface area contributed by atoms with Crippen molar-refractivity contribution in [3.05, 3.63) is 106 Å². The molecule has 0 radical (unpaired) electrons. The van der Waals surface area contributed by atoms with Gasteiger partial charge in [0.1, 0.15) is 5.75 Å². The van der Waals surface area contributed by atoms with Crippen molar-refractivity contribution in [2.24, 2.45) is 0 Å². The molecule has 3 aromatic rings. The number of amides is 1. The summed E-state index contributed by atoms with van der Waals surface area (Å²) in [7, 11) is 1.57. The number of benzene rings is 3. The Labute approximate surface area is 168 Å². The number of methoxy groups -OCH3 is 1. The molecule has 3 rings (SSSR count). The van der Waals surface area contributed by atoms with Crippen molar-refractivity contribution >= 4 is 23.4 Å². The van der Waals surface area contributed by atoms with E-state index in [-0.39, 0.29) is 18.1 Å². The second kappa shape index (κ2) is 9.32. The average Bonchev–Trinajstić information content (AvgIpc) is 2.76. The molecule has 0 bridgehead atoms. The van der Waals surface area contributed by atoms with Crippen molar-refractivity contribution in [1.82, 2.24) is 0 Å². The highest BCUT2D eigenvalue weighted by Crippen LogP contribution is 2.24. The summed E-state index contributed by atoms with van der Waals surface area (Å²) in [6.45, 7) is 0.289. The lowest BCUT2D eigenvalue weighted by molar-refractivity contribution is -0.384. The molecule has 6 nitrogen and oxygen atoms in total. The molecule has 1 amide bonds. The van der Waals surface area contributed by atoms with E-state index in [0.717, 1.165) is 11.1 Å². The van der Waals surface area contributed by atoms with Gasteiger partial charge in [0.15, 0.2) is 0 Å². The molecule has 0 aliphatic rings. The predicted octanol–water partition coefficient (Wildman–Crippen LogP) is 4.85. The van der Waals surface area contributed by atoms with Crippen LogP contribution in [0.5, 0.6) is 5.75 Å². The van der Waals surface area contributed by atoms with E-state index in [9.17, 15) is 14.9 Å². The largest absolute Gasteiger partial charge is 0.496 e. The highest BCUT2D eigenvalue weighted by molar-refractivity contribution is 6.04. The van der Waals surface area contributed by atoms with E-state index in [1.165, 1.54) is 23.1 Å². The highest BCUT2D eigenvalue weighted by atomic mass is 16.6. The molecule has 0 fully saturated rings. The van der Waals surface area contributed by atoms with Crippen LogP contribution < -0.4 is 9.64 Å². The van der Waals surface area contributed by atoms with E-state index in [2.05, 4.69) is 0 Å². The van der Waals surface area contributed by atoms with E-state index in [1.54, 1.807) is 25.3 Å². The van der Waals surface area contributed by atoms with Gasteiger partial charge < -0.3 is 9.64 Å². The van der Waals surface area contributed by atoms with Gasteiger partial charge in [0.2, 0.25) is 0 Å². The molecule has 0 aromatic heterocycles. The Morgan fingerprint density at radius 2 is 1.76 bits per heavy atom. The van der Waals surface area contributed by atoms with Crippen LogP contribution in [0.1, 0.15) is 11.1 Å². The lowest BCUT2D eigenvalue weighted by Crippen LogP contribution is -2.28. The van der Waals surface area contributed by atoms with Gasteiger partial charge in [-0.1, -0.05) is 54.6 Å². The monoisotopic (exact) mass is 388 g/mol. The lowest BCUT2D eigenvalue weighted by atomic mass is 10.1. The third kappa shape index (κ3) is 5.07. The number of hydrogen-bond acceptors (Lipinski definition) is 4. The summed E-state index contributed by atoms with van der Waals surface area (Å²) in [6.07, 6.45) is 3.12. The van der Waals surface area contributed by atoms with Gasteiger partial charge >= 0.3 is 0 Å². The molecule has 0 saturated heterocycles. The van der Waals surface area contributed by atoms with Crippen molar-refractivity contribution in [1.29, 1.82) is 0 Å². The summed E-state index contributed by atoms with van der Waals surface area (Å²) < 4.78 is 5.31. The average molecular weight is 388 g/mol. The summed E-state index contributed by atoms with van der Waals surface area (Å²) >= 11 is 0. The SMILES string of the molecule is COc1ccccc1/C=C/C(=O)N(Cc1ccccc1)c1cccc([N+](=O)[O-])c1. The Morgan fingerprint density at radius 3 is 2.48 bits per heavy atom. The summed E-state index contributed by atoms with van der Waals surface area (Å²) in [5.74, 6) is 0.363. The van der Waals surface area contributed by atoms with Crippen LogP contribution in [-0.4, -0.2) is 17.9 Å². The van der Waals surface area contributed by atoms with Crippen molar-refractivity contribution in [3.8, 4) is 5.75 Å². The van der Waals surface area contributed by atoms with Crippen molar-refractivity contribution in [2.75, 3.05) is 12.0 Å². The number of para-hydroxylation sites is 1. The molecule has 0 heterocycles. The maximum absolute atomic E-state index is 13.0. The Morgan fingerprint density at radius 1 is 1.03 bits per heavy atom. The van der Waals surface area contributed by atoms with Gasteiger partial charge in [-0.05, 0) is 23.8 Å². The third-order valence-electron chi connectivity index (χ3n) is 4.35. The highest BCUT2D eigenvalue weighted by Gasteiger charge is 2.17. The molecular formula is C23H20N2O4. The van der Waals surface area contributed by atoms with Crippen LogP contribution in [-0.2, 0) is 11.3 Å². The van der Waals surface area contributed by atoms with Gasteiger partial charge in [-0.25, -0.2) is 0 Å². The van der Waals surface area contributed by atoms with Crippen LogP contribution in [0.15, 0.2) is 84.9 Å². The molecule has 146 valence electrons. The fraction of sp³-hybridized carbons (Fsp3) is 0.0870. The zero-order valence-corrected chi connectivity index (χ0v) is 15.9. The zero-order valence-electron chi connectivity index (χ0n) is 15.9. The molecule has 0 aliphatic carbocycles. The predicted molar refractivity (Wildman–Crippen MR) is 113 cm³/mol. The Bertz CT molecular complexity index is 1030. The molecule has 6 heteroatoms. The number of non-ortho nitro benzene ring substituents is 1. The van der Waals surface area contributed by atoms with E-state index < -0.39 is 4.92 Å². The van der Waals surface area contributed by atoms with Gasteiger partial charge in [0.05, 0.1) is 24.3 Å². The van der Waals surface area contributed by atoms with Gasteiger partial charge in [-0.15, -0.1) is 0 Å². The molecular weight excluding hydrogens is 368 g/mol. The second-order valence-corrected chi connectivity index (χ2v) is 6.26. The first-order valence-corrected chi connectivity index (χ1v) is 8.99. The molecule has 0 unspecified atom stereocenters. The number of carbonyl (C=O) groups excluding carboxylic acids is 1. The van der Waals surface area contributed by atoms with E-state index in [4.69, 9.17) is 4.74 Å². The summed E-state index contributed by atoms with van der Waals surface area (Å²) in [6, 6.07) is 22.9. The van der Waals surface area contributed by atoms with Crippen LogP contribution in [0.25, 0.3) is 6.08 Å². The second-order valence-electron chi connectivity index (χ2n) is 6.26. The van der Waals surface area contributed by atoms with Crippen LogP contribution >= 0.6 is 0 Å². The van der Waals surface area contributed by atoms with Gasteiger partial charge in [0, 0.05) is 23.8 Å². The number of ether oxygens (including phenoxy) is 1. The minimum absolute atomic E-state index is 0.0675. The standard InChI is InChI=1S/C23H20N2O4/c1-29-22-13-6-5-10-19(22)14-15-23(26)24(17-18-8-3-2-4-9-18)20-11-7-12-21(16-20)25(27)28/h2-16H,17H2,1H3/b15-14+. The number of nitro groups is 1. The first kappa shape index (κ1) is 19.8. The first-order valence-electron chi connectivity index (χ1n) is 8.99. The fourth-order valence-electron chi connectivity index (χ4n) is 2.89. The Hall–Kier alpha value is -3.93. The van der Waals surface area contributed by atoms with Gasteiger partial charge in [-0.3, -0.25) is 14.9 Å². The molecule has 0 aliphatic heterocycles. The van der Waals surface area contributed by atoms with E-state index in [0.29, 0.717) is 11.4 Å².